The molecule has 1 aliphatic rings. The Bertz CT molecular complexity index is 943. The van der Waals surface area contributed by atoms with E-state index in [0.717, 1.165) is 5.56 Å². The summed E-state index contributed by atoms with van der Waals surface area (Å²) in [5, 5.41) is 8.93. The van der Waals surface area contributed by atoms with E-state index in [1.807, 2.05) is 0 Å². The lowest BCUT2D eigenvalue weighted by molar-refractivity contribution is 0.102. The zero-order valence-electron chi connectivity index (χ0n) is 13.5. The van der Waals surface area contributed by atoms with E-state index in [2.05, 4.69) is 10.2 Å². The Morgan fingerprint density at radius 2 is 1.81 bits per heavy atom. The highest BCUT2D eigenvalue weighted by molar-refractivity contribution is 7.99. The minimum atomic E-state index is -0.0572. The minimum Gasteiger partial charge on any atom is -0.486 e. The van der Waals surface area contributed by atoms with Crippen molar-refractivity contribution < 1.29 is 18.7 Å². The molecule has 132 valence electrons. The summed E-state index contributed by atoms with van der Waals surface area (Å²) in [6.45, 7) is 0.998. The molecule has 0 bridgehead atoms. The number of carbonyl (C=O) groups is 1. The second kappa shape index (κ2) is 7.39. The zero-order chi connectivity index (χ0) is 17.9. The van der Waals surface area contributed by atoms with E-state index in [4.69, 9.17) is 25.5 Å². The van der Waals surface area contributed by atoms with Crippen LogP contribution in [0.2, 0.25) is 5.02 Å². The number of hydrogen-bond acceptors (Lipinski definition) is 7. The van der Waals surface area contributed by atoms with Gasteiger partial charge in [-0.25, -0.2) is 0 Å². The first-order valence-electron chi connectivity index (χ1n) is 7.84. The van der Waals surface area contributed by atoms with Crippen LogP contribution in [-0.2, 0) is 0 Å². The van der Waals surface area contributed by atoms with Crippen LogP contribution in [0.3, 0.4) is 0 Å². The van der Waals surface area contributed by atoms with Crippen molar-refractivity contribution in [3.05, 3.63) is 53.1 Å². The molecule has 0 spiro atoms. The average molecular weight is 389 g/mol. The zero-order valence-corrected chi connectivity index (χ0v) is 15.0. The Kier molecular flexibility index (Phi) is 4.81. The van der Waals surface area contributed by atoms with Crippen molar-refractivity contribution in [1.82, 2.24) is 10.2 Å². The van der Waals surface area contributed by atoms with Gasteiger partial charge in [-0.05, 0) is 42.5 Å². The molecule has 0 amide bonds. The molecule has 3 aromatic rings. The molecule has 0 fully saturated rings. The Morgan fingerprint density at radius 1 is 1.04 bits per heavy atom. The molecule has 2 aromatic carbocycles. The van der Waals surface area contributed by atoms with Crippen LogP contribution in [0.25, 0.3) is 11.5 Å². The molecule has 1 aromatic heterocycles. The molecule has 6 nitrogen and oxygen atoms in total. The molecule has 2 heterocycles. The fourth-order valence-electron chi connectivity index (χ4n) is 2.40. The highest BCUT2D eigenvalue weighted by atomic mass is 35.5. The number of nitrogens with zero attached hydrogens (tertiary/aromatic N) is 2. The van der Waals surface area contributed by atoms with Crippen molar-refractivity contribution in [1.29, 1.82) is 0 Å². The summed E-state index contributed by atoms with van der Waals surface area (Å²) in [6.07, 6.45) is 0. The van der Waals surface area contributed by atoms with Crippen LogP contribution in [0.15, 0.2) is 52.1 Å². The SMILES string of the molecule is O=C(CSc1nnc(-c2ccc(Cl)cc2)o1)c1ccc2c(c1)OCCO2. The third kappa shape index (κ3) is 3.68. The number of rotatable bonds is 5. The fraction of sp³-hybridized carbons (Fsp3) is 0.167. The number of benzene rings is 2. The standard InChI is InChI=1S/C18H13ClN2O4S/c19-13-4-1-11(2-5-13)17-20-21-18(25-17)26-10-14(22)12-3-6-15-16(9-12)24-8-7-23-15/h1-6,9H,7-8,10H2. The molecule has 0 N–H and O–H groups in total. The highest BCUT2D eigenvalue weighted by Gasteiger charge is 2.16. The van der Waals surface area contributed by atoms with E-state index in [1.54, 1.807) is 42.5 Å². The predicted molar refractivity (Wildman–Crippen MR) is 97.2 cm³/mol. The molecule has 4 rings (SSSR count). The number of ketones is 1. The molecule has 1 aliphatic heterocycles. The van der Waals surface area contributed by atoms with Crippen LogP contribution in [0, 0.1) is 0 Å². The molecule has 0 atom stereocenters. The van der Waals surface area contributed by atoms with Crippen molar-refractivity contribution >= 4 is 29.1 Å². The first-order valence-corrected chi connectivity index (χ1v) is 9.20. The lowest BCUT2D eigenvalue weighted by atomic mass is 10.1. The number of hydrogen-bond donors (Lipinski definition) is 0. The van der Waals surface area contributed by atoms with Crippen LogP contribution in [0.5, 0.6) is 11.5 Å². The molecule has 0 saturated heterocycles. The second-order valence-electron chi connectivity index (χ2n) is 5.45. The Balaban J connectivity index is 1.41. The number of carbonyl (C=O) groups excluding carboxylic acids is 1. The lowest BCUT2D eigenvalue weighted by Gasteiger charge is -2.18. The summed E-state index contributed by atoms with van der Waals surface area (Å²) in [5.41, 5.74) is 1.33. The predicted octanol–water partition coefficient (Wildman–Crippen LogP) is 4.14. The van der Waals surface area contributed by atoms with E-state index in [1.165, 1.54) is 11.8 Å². The van der Waals surface area contributed by atoms with Crippen LogP contribution >= 0.6 is 23.4 Å². The molecule has 26 heavy (non-hydrogen) atoms. The first kappa shape index (κ1) is 16.9. The van der Waals surface area contributed by atoms with Gasteiger partial charge in [-0.2, -0.15) is 0 Å². The van der Waals surface area contributed by atoms with Crippen LogP contribution in [0.1, 0.15) is 10.4 Å². The van der Waals surface area contributed by atoms with Crippen molar-refractivity contribution in [2.24, 2.45) is 0 Å². The van der Waals surface area contributed by atoms with Gasteiger partial charge in [-0.15, -0.1) is 10.2 Å². The molecular weight excluding hydrogens is 376 g/mol. The summed E-state index contributed by atoms with van der Waals surface area (Å²) in [6, 6.07) is 12.3. The van der Waals surface area contributed by atoms with Crippen molar-refractivity contribution in [3.63, 3.8) is 0 Å². The van der Waals surface area contributed by atoms with E-state index in [-0.39, 0.29) is 11.5 Å². The summed E-state index contributed by atoms with van der Waals surface area (Å²) in [4.78, 5) is 12.4. The van der Waals surface area contributed by atoms with Gasteiger partial charge in [0, 0.05) is 16.1 Å². The van der Waals surface area contributed by atoms with Gasteiger partial charge in [-0.1, -0.05) is 23.4 Å². The van der Waals surface area contributed by atoms with Crippen LogP contribution in [-0.4, -0.2) is 34.9 Å². The molecule has 0 radical (unpaired) electrons. The summed E-state index contributed by atoms with van der Waals surface area (Å²) in [7, 11) is 0. The molecule has 8 heteroatoms. The molecular formula is C18H13ClN2O4S. The number of thioether (sulfide) groups is 1. The van der Waals surface area contributed by atoms with Crippen LogP contribution < -0.4 is 9.47 Å². The van der Waals surface area contributed by atoms with Gasteiger partial charge in [-0.3, -0.25) is 4.79 Å². The van der Waals surface area contributed by atoms with Gasteiger partial charge in [0.15, 0.2) is 17.3 Å². The van der Waals surface area contributed by atoms with E-state index in [0.29, 0.717) is 46.4 Å². The Labute approximate surface area is 158 Å². The summed E-state index contributed by atoms with van der Waals surface area (Å²) < 4.78 is 16.5. The summed E-state index contributed by atoms with van der Waals surface area (Å²) >= 11 is 7.06. The molecule has 0 saturated carbocycles. The van der Waals surface area contributed by atoms with Crippen LogP contribution in [0.4, 0.5) is 0 Å². The topological polar surface area (TPSA) is 74.5 Å². The van der Waals surface area contributed by atoms with Gasteiger partial charge in [0.25, 0.3) is 5.22 Å². The van der Waals surface area contributed by atoms with Crippen molar-refractivity contribution in [3.8, 4) is 23.0 Å². The van der Waals surface area contributed by atoms with E-state index in [9.17, 15) is 4.79 Å². The number of aromatic nitrogens is 2. The maximum absolute atomic E-state index is 12.4. The molecule has 0 unspecified atom stereocenters. The number of fused-ring (bicyclic) bond motifs is 1. The number of ether oxygens (including phenoxy) is 2. The third-order valence-electron chi connectivity index (χ3n) is 3.69. The van der Waals surface area contributed by atoms with Gasteiger partial charge >= 0.3 is 0 Å². The smallest absolute Gasteiger partial charge is 0.277 e. The average Bonchev–Trinajstić information content (AvgIpc) is 3.15. The van der Waals surface area contributed by atoms with Gasteiger partial charge < -0.3 is 13.9 Å². The maximum Gasteiger partial charge on any atom is 0.277 e. The monoisotopic (exact) mass is 388 g/mol. The van der Waals surface area contributed by atoms with Gasteiger partial charge in [0.1, 0.15) is 13.2 Å². The Hall–Kier alpha value is -2.51. The highest BCUT2D eigenvalue weighted by Crippen LogP contribution is 2.31. The van der Waals surface area contributed by atoms with Crippen molar-refractivity contribution in [2.75, 3.05) is 19.0 Å². The van der Waals surface area contributed by atoms with Gasteiger partial charge in [0.2, 0.25) is 5.89 Å². The first-order chi connectivity index (χ1) is 12.7. The Morgan fingerprint density at radius 3 is 2.62 bits per heavy atom. The summed E-state index contributed by atoms with van der Waals surface area (Å²) in [5.74, 6) is 1.76. The molecule has 0 aliphatic carbocycles. The normalized spacial score (nSPS) is 12.8. The quantitative estimate of drug-likeness (QED) is 0.480. The van der Waals surface area contributed by atoms with E-state index < -0.39 is 0 Å². The third-order valence-corrected chi connectivity index (χ3v) is 4.76. The maximum atomic E-state index is 12.4. The van der Waals surface area contributed by atoms with E-state index >= 15 is 0 Å². The largest absolute Gasteiger partial charge is 0.486 e. The minimum absolute atomic E-state index is 0.0572. The second-order valence-corrected chi connectivity index (χ2v) is 6.81. The number of halogens is 1. The number of Topliss-reactive ketones (excluding diaryl/α,β-unsaturated/α-hetero) is 1. The van der Waals surface area contributed by atoms with Crippen molar-refractivity contribution in [2.45, 2.75) is 5.22 Å². The van der Waals surface area contributed by atoms with Gasteiger partial charge in [0.05, 0.1) is 5.75 Å². The fourth-order valence-corrected chi connectivity index (χ4v) is 3.19. The lowest BCUT2D eigenvalue weighted by Crippen LogP contribution is -2.16.